The van der Waals surface area contributed by atoms with Gasteiger partial charge in [-0.25, -0.2) is 9.07 Å². The normalized spacial score (nSPS) is 10.6. The highest BCUT2D eigenvalue weighted by atomic mass is 32.2. The molecule has 27 heavy (non-hydrogen) atoms. The Kier molecular flexibility index (Phi) is 5.99. The Morgan fingerprint density at radius 3 is 2.48 bits per heavy atom. The number of rotatable bonds is 6. The number of halogens is 1. The zero-order valence-electron chi connectivity index (χ0n) is 13.7. The van der Waals surface area contributed by atoms with Crippen molar-refractivity contribution < 1.29 is 14.0 Å². The van der Waals surface area contributed by atoms with Gasteiger partial charge in [-0.3, -0.25) is 9.59 Å². The number of amides is 2. The second kappa shape index (κ2) is 8.42. The molecule has 2 amide bonds. The van der Waals surface area contributed by atoms with Gasteiger partial charge in [0.25, 0.3) is 0 Å². The van der Waals surface area contributed by atoms with E-state index < -0.39 is 5.91 Å². The van der Waals surface area contributed by atoms with E-state index in [1.807, 2.05) is 0 Å². The molecule has 1 heterocycles. The predicted molar refractivity (Wildman–Crippen MR) is 107 cm³/mol. The van der Waals surface area contributed by atoms with E-state index in [9.17, 15) is 14.0 Å². The van der Waals surface area contributed by atoms with Crippen molar-refractivity contribution in [2.45, 2.75) is 4.34 Å². The fraction of sp³-hybridized carbons (Fsp3) is 0.0588. The summed E-state index contributed by atoms with van der Waals surface area (Å²) in [5.74, 6) is -0.943. The first-order valence-corrected chi connectivity index (χ1v) is 9.82. The number of thioether (sulfide) groups is 1. The number of hydrogen-bond acceptors (Lipinski definition) is 6. The van der Waals surface area contributed by atoms with E-state index in [4.69, 9.17) is 18.0 Å². The summed E-state index contributed by atoms with van der Waals surface area (Å²) in [6, 6.07) is 12.1. The van der Waals surface area contributed by atoms with Crippen molar-refractivity contribution in [2.75, 3.05) is 11.1 Å². The van der Waals surface area contributed by atoms with Gasteiger partial charge in [0, 0.05) is 11.3 Å². The molecule has 0 bridgehead atoms. The minimum atomic E-state index is -0.527. The fourth-order valence-corrected chi connectivity index (χ4v) is 4.27. The molecule has 0 unspecified atom stereocenters. The van der Waals surface area contributed by atoms with Crippen LogP contribution in [0.1, 0.15) is 10.4 Å². The van der Waals surface area contributed by atoms with E-state index in [0.717, 1.165) is 0 Å². The molecular weight excluding hydrogens is 407 g/mol. The van der Waals surface area contributed by atoms with Gasteiger partial charge in [0.15, 0.2) is 8.29 Å². The zero-order chi connectivity index (χ0) is 19.4. The molecule has 0 atom stereocenters. The molecule has 0 radical (unpaired) electrons. The molecule has 0 saturated heterocycles. The van der Waals surface area contributed by atoms with Crippen LogP contribution in [0, 0.1) is 9.77 Å². The average molecular weight is 421 g/mol. The second-order valence-corrected chi connectivity index (χ2v) is 8.15. The lowest BCUT2D eigenvalue weighted by molar-refractivity contribution is -0.113. The summed E-state index contributed by atoms with van der Waals surface area (Å²) in [5, 5.41) is 7.09. The summed E-state index contributed by atoms with van der Waals surface area (Å²) < 4.78 is 15.7. The van der Waals surface area contributed by atoms with Crippen LogP contribution in [0.5, 0.6) is 0 Å². The maximum absolute atomic E-state index is 13.0. The van der Waals surface area contributed by atoms with E-state index in [-0.39, 0.29) is 17.5 Å². The predicted octanol–water partition coefficient (Wildman–Crippen LogP) is 3.63. The molecule has 0 spiro atoms. The molecule has 0 aliphatic heterocycles. The van der Waals surface area contributed by atoms with Crippen LogP contribution >= 0.6 is 35.3 Å². The van der Waals surface area contributed by atoms with Crippen LogP contribution in [0.4, 0.5) is 10.1 Å². The number of carbonyl (C=O) groups excluding carboxylic acids is 2. The summed E-state index contributed by atoms with van der Waals surface area (Å²) in [6.45, 7) is 0. The summed E-state index contributed by atoms with van der Waals surface area (Å²) in [5.41, 5.74) is 6.77. The topological polar surface area (TPSA) is 90.0 Å². The van der Waals surface area contributed by atoms with Crippen molar-refractivity contribution in [1.29, 1.82) is 0 Å². The third kappa shape index (κ3) is 5.00. The maximum Gasteiger partial charge on any atom is 0.248 e. The van der Waals surface area contributed by atoms with Crippen molar-refractivity contribution >= 4 is 52.8 Å². The van der Waals surface area contributed by atoms with Crippen LogP contribution in [-0.2, 0) is 4.79 Å². The van der Waals surface area contributed by atoms with E-state index >= 15 is 0 Å². The quantitative estimate of drug-likeness (QED) is 0.469. The summed E-state index contributed by atoms with van der Waals surface area (Å²) in [7, 11) is 0. The lowest BCUT2D eigenvalue weighted by atomic mass is 10.2. The summed E-state index contributed by atoms with van der Waals surface area (Å²) in [4.78, 5) is 23.1. The number of nitrogens with two attached hydrogens (primary N) is 1. The molecular formula is C17H13FN4O2S3. The average Bonchev–Trinajstić information content (AvgIpc) is 3.02. The molecule has 0 fully saturated rings. The minimum absolute atomic E-state index is 0.142. The number of nitrogens with zero attached hydrogens (tertiary/aromatic N) is 2. The Labute approximate surface area is 167 Å². The lowest BCUT2D eigenvalue weighted by Gasteiger charge is -2.04. The van der Waals surface area contributed by atoms with Gasteiger partial charge in [-0.2, -0.15) is 0 Å². The molecule has 3 rings (SSSR count). The van der Waals surface area contributed by atoms with Crippen LogP contribution in [-0.4, -0.2) is 27.3 Å². The number of anilines is 1. The molecule has 10 heteroatoms. The Hall–Kier alpha value is -2.56. The lowest BCUT2D eigenvalue weighted by Crippen LogP contribution is -2.15. The van der Waals surface area contributed by atoms with Gasteiger partial charge in [0.1, 0.15) is 5.82 Å². The molecule has 3 aromatic rings. The largest absolute Gasteiger partial charge is 0.366 e. The molecule has 0 saturated carbocycles. The highest BCUT2D eigenvalue weighted by Gasteiger charge is 2.10. The summed E-state index contributed by atoms with van der Waals surface area (Å²) >= 11 is 7.80. The standard InChI is InChI=1S/C17H13FN4O2S3/c18-11-3-7-13(8-4-11)22-17(25)27-16(21-22)26-9-14(23)20-12-5-1-10(2-6-12)15(19)24/h1-8H,9H2,(H2,19,24)(H,20,23). The fourth-order valence-electron chi connectivity index (χ4n) is 2.11. The van der Waals surface area contributed by atoms with Crippen LogP contribution < -0.4 is 11.1 Å². The van der Waals surface area contributed by atoms with Gasteiger partial charge in [0.2, 0.25) is 11.8 Å². The molecule has 0 aliphatic rings. The number of aromatic nitrogens is 2. The number of carbonyl (C=O) groups is 2. The first-order valence-electron chi connectivity index (χ1n) is 7.61. The number of hydrogen-bond donors (Lipinski definition) is 2. The first kappa shape index (κ1) is 19.2. The van der Waals surface area contributed by atoms with E-state index in [0.29, 0.717) is 25.2 Å². The van der Waals surface area contributed by atoms with Gasteiger partial charge in [-0.05, 0) is 60.7 Å². The monoisotopic (exact) mass is 420 g/mol. The van der Waals surface area contributed by atoms with E-state index in [1.54, 1.807) is 36.4 Å². The smallest absolute Gasteiger partial charge is 0.248 e. The van der Waals surface area contributed by atoms with Gasteiger partial charge in [-0.1, -0.05) is 23.1 Å². The van der Waals surface area contributed by atoms with Crippen molar-refractivity contribution in [3.63, 3.8) is 0 Å². The Morgan fingerprint density at radius 1 is 1.19 bits per heavy atom. The van der Waals surface area contributed by atoms with Crippen molar-refractivity contribution in [1.82, 2.24) is 9.78 Å². The first-order chi connectivity index (χ1) is 12.9. The van der Waals surface area contributed by atoms with Gasteiger partial charge in [-0.15, -0.1) is 5.10 Å². The third-order valence-corrected chi connectivity index (χ3v) is 5.75. The van der Waals surface area contributed by atoms with E-state index in [1.165, 1.54) is 39.9 Å². The molecule has 138 valence electrons. The van der Waals surface area contributed by atoms with Crippen LogP contribution in [0.3, 0.4) is 0 Å². The number of benzene rings is 2. The third-order valence-electron chi connectivity index (χ3n) is 3.38. The second-order valence-electron chi connectivity index (χ2n) is 5.30. The van der Waals surface area contributed by atoms with Crippen molar-refractivity contribution in [2.24, 2.45) is 5.73 Å². The van der Waals surface area contributed by atoms with Crippen LogP contribution in [0.25, 0.3) is 5.69 Å². The molecule has 2 aromatic carbocycles. The molecule has 0 aliphatic carbocycles. The van der Waals surface area contributed by atoms with Crippen molar-refractivity contribution in [3.05, 3.63) is 63.9 Å². The number of nitrogens with one attached hydrogen (secondary N) is 1. The number of primary amides is 1. The molecule has 6 nitrogen and oxygen atoms in total. The van der Waals surface area contributed by atoms with Gasteiger partial charge < -0.3 is 11.1 Å². The Bertz CT molecular complexity index is 1030. The van der Waals surface area contributed by atoms with Gasteiger partial charge >= 0.3 is 0 Å². The highest BCUT2D eigenvalue weighted by molar-refractivity contribution is 8.01. The molecule has 1 aromatic heterocycles. The Morgan fingerprint density at radius 2 is 1.85 bits per heavy atom. The van der Waals surface area contributed by atoms with E-state index in [2.05, 4.69) is 10.4 Å². The maximum atomic E-state index is 13.0. The van der Waals surface area contributed by atoms with Crippen LogP contribution in [0.2, 0.25) is 0 Å². The van der Waals surface area contributed by atoms with Crippen molar-refractivity contribution in [3.8, 4) is 5.69 Å². The summed E-state index contributed by atoms with van der Waals surface area (Å²) in [6.07, 6.45) is 0. The zero-order valence-corrected chi connectivity index (χ0v) is 16.2. The molecule has 3 N–H and O–H groups in total. The minimum Gasteiger partial charge on any atom is -0.366 e. The van der Waals surface area contributed by atoms with Crippen LogP contribution in [0.15, 0.2) is 52.9 Å². The SMILES string of the molecule is NC(=O)c1ccc(NC(=O)CSc2nn(-c3ccc(F)cc3)c(=S)s2)cc1. The Balaban J connectivity index is 1.60. The highest BCUT2D eigenvalue weighted by Crippen LogP contribution is 2.24. The van der Waals surface area contributed by atoms with Gasteiger partial charge in [0.05, 0.1) is 11.4 Å².